The molecule has 1 aromatic carbocycles. The van der Waals surface area contributed by atoms with Crippen LogP contribution in [0.3, 0.4) is 0 Å². The molecular formula is C19H21N5O. The van der Waals surface area contributed by atoms with E-state index in [0.29, 0.717) is 11.5 Å². The van der Waals surface area contributed by atoms with Crippen molar-refractivity contribution in [2.75, 3.05) is 13.1 Å². The topological polar surface area (TPSA) is 66.8 Å². The summed E-state index contributed by atoms with van der Waals surface area (Å²) in [6, 6.07) is 7.65. The molecule has 128 valence electrons. The van der Waals surface area contributed by atoms with Gasteiger partial charge < -0.3 is 14.5 Å². The van der Waals surface area contributed by atoms with Crippen LogP contribution in [0.25, 0.3) is 11.4 Å². The van der Waals surface area contributed by atoms with Crippen LogP contribution in [0.4, 0.5) is 0 Å². The fourth-order valence-electron chi connectivity index (χ4n) is 3.52. The van der Waals surface area contributed by atoms with Crippen molar-refractivity contribution in [3.05, 3.63) is 60.4 Å². The van der Waals surface area contributed by atoms with E-state index in [1.54, 1.807) is 12.4 Å². The molecular weight excluding hydrogens is 314 g/mol. The lowest BCUT2D eigenvalue weighted by Gasteiger charge is -2.31. The Balaban J connectivity index is 1.46. The number of carbonyl (C=O) groups excluding carboxylic acids is 1. The van der Waals surface area contributed by atoms with E-state index in [0.717, 1.165) is 43.1 Å². The normalized spacial score (nSPS) is 15.5. The van der Waals surface area contributed by atoms with Crippen LogP contribution in [0.5, 0.6) is 0 Å². The molecule has 25 heavy (non-hydrogen) atoms. The fourth-order valence-corrected chi connectivity index (χ4v) is 3.52. The molecule has 2 aromatic heterocycles. The first-order valence-corrected chi connectivity index (χ1v) is 8.58. The number of nitrogens with one attached hydrogen (secondary N) is 1. The van der Waals surface area contributed by atoms with Gasteiger partial charge in [-0.05, 0) is 25.0 Å². The SMILES string of the molecule is Cn1ccnc1C1CCN(C(=O)c2cccc(-c3ncc[nH]3)c2)CC1. The van der Waals surface area contributed by atoms with Crippen LogP contribution >= 0.6 is 0 Å². The number of carbonyl (C=O) groups is 1. The number of aryl methyl sites for hydroxylation is 1. The van der Waals surface area contributed by atoms with Crippen LogP contribution in [0.2, 0.25) is 0 Å². The predicted octanol–water partition coefficient (Wildman–Crippen LogP) is 2.83. The van der Waals surface area contributed by atoms with Gasteiger partial charge in [0.05, 0.1) is 0 Å². The minimum absolute atomic E-state index is 0.0895. The zero-order valence-electron chi connectivity index (χ0n) is 14.2. The van der Waals surface area contributed by atoms with Gasteiger partial charge in [0, 0.05) is 62.0 Å². The molecule has 0 aliphatic carbocycles. The number of benzene rings is 1. The highest BCUT2D eigenvalue weighted by Crippen LogP contribution is 2.27. The van der Waals surface area contributed by atoms with Gasteiger partial charge >= 0.3 is 0 Å². The number of H-pyrrole nitrogens is 1. The number of rotatable bonds is 3. The molecule has 0 unspecified atom stereocenters. The Hall–Kier alpha value is -2.89. The van der Waals surface area contributed by atoms with Gasteiger partial charge in [-0.2, -0.15) is 0 Å². The van der Waals surface area contributed by atoms with Crippen molar-refractivity contribution in [1.82, 2.24) is 24.4 Å². The van der Waals surface area contributed by atoms with Crippen molar-refractivity contribution in [1.29, 1.82) is 0 Å². The third-order valence-corrected chi connectivity index (χ3v) is 4.89. The maximum Gasteiger partial charge on any atom is 0.253 e. The summed E-state index contributed by atoms with van der Waals surface area (Å²) in [5.41, 5.74) is 1.64. The highest BCUT2D eigenvalue weighted by Gasteiger charge is 2.26. The lowest BCUT2D eigenvalue weighted by atomic mass is 9.95. The van der Waals surface area contributed by atoms with Crippen LogP contribution in [-0.2, 0) is 7.05 Å². The third-order valence-electron chi connectivity index (χ3n) is 4.89. The van der Waals surface area contributed by atoms with Gasteiger partial charge in [-0.25, -0.2) is 9.97 Å². The standard InChI is InChI=1S/C19H21N5O/c1-23-12-9-22-18(23)14-5-10-24(11-6-14)19(25)16-4-2-3-15(13-16)17-20-7-8-21-17/h2-4,7-9,12-14H,5-6,10-11H2,1H3,(H,20,21). The van der Waals surface area contributed by atoms with Crippen LogP contribution in [-0.4, -0.2) is 43.4 Å². The average molecular weight is 335 g/mol. The summed E-state index contributed by atoms with van der Waals surface area (Å²) in [4.78, 5) is 26.6. The second kappa shape index (κ2) is 6.55. The Morgan fingerprint density at radius 1 is 1.20 bits per heavy atom. The number of likely N-dealkylation sites (tertiary alicyclic amines) is 1. The molecule has 6 nitrogen and oxygen atoms in total. The molecule has 1 fully saturated rings. The minimum Gasteiger partial charge on any atom is -0.345 e. The zero-order valence-corrected chi connectivity index (χ0v) is 14.2. The van der Waals surface area contributed by atoms with Crippen LogP contribution in [0, 0.1) is 0 Å². The maximum atomic E-state index is 12.9. The molecule has 0 bridgehead atoms. The Kier molecular flexibility index (Phi) is 4.09. The van der Waals surface area contributed by atoms with Gasteiger partial charge in [-0.3, -0.25) is 4.79 Å². The zero-order chi connectivity index (χ0) is 17.2. The second-order valence-electron chi connectivity index (χ2n) is 6.48. The number of aromatic amines is 1. The minimum atomic E-state index is 0.0895. The number of amides is 1. The van der Waals surface area contributed by atoms with E-state index >= 15 is 0 Å². The Morgan fingerprint density at radius 3 is 2.72 bits per heavy atom. The summed E-state index contributed by atoms with van der Waals surface area (Å²) in [5, 5.41) is 0. The quantitative estimate of drug-likeness (QED) is 0.800. The number of hydrogen-bond donors (Lipinski definition) is 1. The van der Waals surface area contributed by atoms with Gasteiger partial charge in [0.15, 0.2) is 0 Å². The summed E-state index contributed by atoms with van der Waals surface area (Å²) >= 11 is 0. The van der Waals surface area contributed by atoms with Crippen LogP contribution in [0.15, 0.2) is 49.1 Å². The molecule has 4 rings (SSSR count). The van der Waals surface area contributed by atoms with E-state index in [1.807, 2.05) is 48.6 Å². The van der Waals surface area contributed by atoms with Crippen molar-refractivity contribution >= 4 is 5.91 Å². The van der Waals surface area contributed by atoms with Gasteiger partial charge in [-0.1, -0.05) is 12.1 Å². The maximum absolute atomic E-state index is 12.9. The highest BCUT2D eigenvalue weighted by molar-refractivity contribution is 5.95. The van der Waals surface area contributed by atoms with E-state index in [4.69, 9.17) is 0 Å². The van der Waals surface area contributed by atoms with Crippen molar-refractivity contribution in [3.8, 4) is 11.4 Å². The number of hydrogen-bond acceptors (Lipinski definition) is 3. The summed E-state index contributed by atoms with van der Waals surface area (Å²) in [6.45, 7) is 1.53. The van der Waals surface area contributed by atoms with Crippen LogP contribution < -0.4 is 0 Å². The Morgan fingerprint density at radius 2 is 2.04 bits per heavy atom. The molecule has 1 aliphatic heterocycles. The predicted molar refractivity (Wildman–Crippen MR) is 95.1 cm³/mol. The van der Waals surface area contributed by atoms with E-state index in [-0.39, 0.29) is 5.91 Å². The highest BCUT2D eigenvalue weighted by atomic mass is 16.2. The lowest BCUT2D eigenvalue weighted by molar-refractivity contribution is 0.0710. The number of piperidine rings is 1. The molecule has 6 heteroatoms. The summed E-state index contributed by atoms with van der Waals surface area (Å²) < 4.78 is 2.08. The molecule has 1 amide bonds. The molecule has 0 radical (unpaired) electrons. The largest absolute Gasteiger partial charge is 0.345 e. The molecule has 0 saturated carbocycles. The molecule has 1 N–H and O–H groups in total. The fraction of sp³-hybridized carbons (Fsp3) is 0.316. The smallest absolute Gasteiger partial charge is 0.253 e. The second-order valence-corrected chi connectivity index (χ2v) is 6.48. The first-order chi connectivity index (χ1) is 12.2. The molecule has 3 heterocycles. The van der Waals surface area contributed by atoms with Gasteiger partial charge in [0.1, 0.15) is 11.6 Å². The van der Waals surface area contributed by atoms with Gasteiger partial charge in [0.25, 0.3) is 5.91 Å². The third kappa shape index (κ3) is 3.07. The van der Waals surface area contributed by atoms with Crippen molar-refractivity contribution in [2.24, 2.45) is 7.05 Å². The van der Waals surface area contributed by atoms with E-state index in [9.17, 15) is 4.79 Å². The summed E-state index contributed by atoms with van der Waals surface area (Å²) in [7, 11) is 2.03. The van der Waals surface area contributed by atoms with Crippen LogP contribution in [0.1, 0.15) is 34.9 Å². The summed E-state index contributed by atoms with van der Waals surface area (Å²) in [6.07, 6.45) is 9.22. The first kappa shape index (κ1) is 15.6. The molecule has 3 aromatic rings. The lowest BCUT2D eigenvalue weighted by Crippen LogP contribution is -2.38. The van der Waals surface area contributed by atoms with E-state index in [2.05, 4.69) is 19.5 Å². The Bertz CT molecular complexity index is 860. The molecule has 0 atom stereocenters. The Labute approximate surface area is 146 Å². The van der Waals surface area contributed by atoms with E-state index < -0.39 is 0 Å². The molecule has 0 spiro atoms. The number of nitrogens with zero attached hydrogens (tertiary/aromatic N) is 4. The van der Waals surface area contributed by atoms with Gasteiger partial charge in [0.2, 0.25) is 0 Å². The average Bonchev–Trinajstić information content (AvgIpc) is 3.33. The summed E-state index contributed by atoms with van der Waals surface area (Å²) in [5.74, 6) is 2.42. The van der Waals surface area contributed by atoms with Gasteiger partial charge in [-0.15, -0.1) is 0 Å². The van der Waals surface area contributed by atoms with Crippen molar-refractivity contribution in [2.45, 2.75) is 18.8 Å². The monoisotopic (exact) mass is 335 g/mol. The molecule has 1 saturated heterocycles. The van der Waals surface area contributed by atoms with E-state index in [1.165, 1.54) is 0 Å². The molecule has 1 aliphatic rings. The number of imidazole rings is 2. The first-order valence-electron chi connectivity index (χ1n) is 8.58. The number of aromatic nitrogens is 4. The van der Waals surface area contributed by atoms with Crippen molar-refractivity contribution in [3.63, 3.8) is 0 Å². The van der Waals surface area contributed by atoms with Crippen molar-refractivity contribution < 1.29 is 4.79 Å².